The van der Waals surface area contributed by atoms with Crippen molar-refractivity contribution in [1.82, 2.24) is 15.5 Å². The zero-order valence-corrected chi connectivity index (χ0v) is 15.1. The Morgan fingerprint density at radius 2 is 1.96 bits per heavy atom. The van der Waals surface area contributed by atoms with Gasteiger partial charge in [0.1, 0.15) is 18.2 Å². The van der Waals surface area contributed by atoms with Crippen LogP contribution in [0.3, 0.4) is 0 Å². The van der Waals surface area contributed by atoms with Gasteiger partial charge in [0.25, 0.3) is 0 Å². The summed E-state index contributed by atoms with van der Waals surface area (Å²) in [6.45, 7) is 8.04. The van der Waals surface area contributed by atoms with Crippen LogP contribution in [-0.2, 0) is 14.3 Å². The lowest BCUT2D eigenvalue weighted by Crippen LogP contribution is -2.49. The van der Waals surface area contributed by atoms with Crippen molar-refractivity contribution in [2.75, 3.05) is 13.1 Å². The first-order valence-electron chi connectivity index (χ1n) is 8.80. The van der Waals surface area contributed by atoms with Gasteiger partial charge in [0, 0.05) is 12.6 Å². The molecular formula is C17H29N3O4. The molecule has 2 N–H and O–H groups in total. The highest BCUT2D eigenvalue weighted by Gasteiger charge is 2.39. The number of nitrogens with one attached hydrogen (secondary N) is 2. The third kappa shape index (κ3) is 4.85. The number of carbonyl (C=O) groups is 3. The fraction of sp³-hybridized carbons (Fsp3) is 0.824. The SMILES string of the molecule is CCC(C)(C)OC(=O)NCC(=O)N1CCC[C@H]1C(=O)N[C@@H]1CC1C. The summed E-state index contributed by atoms with van der Waals surface area (Å²) in [5.74, 6) is 0.200. The Labute approximate surface area is 143 Å². The Balaban J connectivity index is 1.80. The van der Waals surface area contributed by atoms with Crippen molar-refractivity contribution in [3.8, 4) is 0 Å². The molecule has 0 aromatic carbocycles. The summed E-state index contributed by atoms with van der Waals surface area (Å²) < 4.78 is 5.25. The summed E-state index contributed by atoms with van der Waals surface area (Å²) in [6, 6.07) is -0.172. The van der Waals surface area contributed by atoms with Gasteiger partial charge in [-0.15, -0.1) is 0 Å². The van der Waals surface area contributed by atoms with Crippen LogP contribution in [0.25, 0.3) is 0 Å². The number of amides is 3. The highest BCUT2D eigenvalue weighted by molar-refractivity contribution is 5.90. The van der Waals surface area contributed by atoms with Crippen LogP contribution in [0.4, 0.5) is 4.79 Å². The summed E-state index contributed by atoms with van der Waals surface area (Å²) in [4.78, 5) is 38.0. The van der Waals surface area contributed by atoms with Crippen LogP contribution in [0.2, 0.25) is 0 Å². The molecule has 3 atom stereocenters. The lowest BCUT2D eigenvalue weighted by atomic mass is 10.1. The van der Waals surface area contributed by atoms with Crippen LogP contribution in [0, 0.1) is 5.92 Å². The van der Waals surface area contributed by atoms with Crippen molar-refractivity contribution in [2.45, 2.75) is 71.1 Å². The predicted octanol–water partition coefficient (Wildman–Crippen LogP) is 1.42. The molecule has 0 bridgehead atoms. The third-order valence-electron chi connectivity index (χ3n) is 4.92. The van der Waals surface area contributed by atoms with E-state index in [2.05, 4.69) is 17.6 Å². The maximum absolute atomic E-state index is 12.3. The van der Waals surface area contributed by atoms with Gasteiger partial charge >= 0.3 is 6.09 Å². The van der Waals surface area contributed by atoms with Crippen molar-refractivity contribution in [2.24, 2.45) is 5.92 Å². The van der Waals surface area contributed by atoms with Crippen LogP contribution in [-0.4, -0.2) is 53.6 Å². The quantitative estimate of drug-likeness (QED) is 0.766. The molecule has 7 nitrogen and oxygen atoms in total. The molecule has 7 heteroatoms. The predicted molar refractivity (Wildman–Crippen MR) is 89.3 cm³/mol. The summed E-state index contributed by atoms with van der Waals surface area (Å²) in [5.41, 5.74) is -0.565. The first-order valence-corrected chi connectivity index (χ1v) is 8.80. The van der Waals surface area contributed by atoms with Gasteiger partial charge in [0.2, 0.25) is 11.8 Å². The van der Waals surface area contributed by atoms with E-state index in [4.69, 9.17) is 4.74 Å². The molecule has 2 aliphatic rings. The zero-order chi connectivity index (χ0) is 17.9. The number of rotatable bonds is 6. The van der Waals surface area contributed by atoms with Crippen LogP contribution < -0.4 is 10.6 Å². The average Bonchev–Trinajstić information content (AvgIpc) is 3.02. The molecule has 24 heavy (non-hydrogen) atoms. The van der Waals surface area contributed by atoms with Crippen molar-refractivity contribution >= 4 is 17.9 Å². The van der Waals surface area contributed by atoms with Gasteiger partial charge in [-0.05, 0) is 45.4 Å². The van der Waals surface area contributed by atoms with E-state index < -0.39 is 17.7 Å². The molecule has 3 amide bonds. The number of alkyl carbamates (subject to hydrolysis) is 1. The minimum absolute atomic E-state index is 0.0788. The van der Waals surface area contributed by atoms with E-state index in [0.717, 1.165) is 12.8 Å². The molecule has 0 spiro atoms. The molecule has 1 saturated carbocycles. The van der Waals surface area contributed by atoms with Gasteiger partial charge in [0.05, 0.1) is 0 Å². The lowest BCUT2D eigenvalue weighted by molar-refractivity contribution is -0.137. The van der Waals surface area contributed by atoms with Crippen LogP contribution in [0.15, 0.2) is 0 Å². The normalized spacial score (nSPS) is 26.0. The van der Waals surface area contributed by atoms with Gasteiger partial charge in [0.15, 0.2) is 0 Å². The van der Waals surface area contributed by atoms with Crippen LogP contribution >= 0.6 is 0 Å². The lowest BCUT2D eigenvalue weighted by Gasteiger charge is -2.25. The topological polar surface area (TPSA) is 87.7 Å². The van der Waals surface area contributed by atoms with E-state index in [0.29, 0.717) is 25.3 Å². The van der Waals surface area contributed by atoms with E-state index in [9.17, 15) is 14.4 Å². The van der Waals surface area contributed by atoms with E-state index >= 15 is 0 Å². The first kappa shape index (κ1) is 18.5. The fourth-order valence-electron chi connectivity index (χ4n) is 2.75. The highest BCUT2D eigenvalue weighted by Crippen LogP contribution is 2.29. The maximum atomic E-state index is 12.3. The van der Waals surface area contributed by atoms with Gasteiger partial charge in [-0.2, -0.15) is 0 Å². The largest absolute Gasteiger partial charge is 0.444 e. The minimum atomic E-state index is -0.609. The van der Waals surface area contributed by atoms with Crippen molar-refractivity contribution < 1.29 is 19.1 Å². The molecule has 0 aromatic heterocycles. The third-order valence-corrected chi connectivity index (χ3v) is 4.92. The highest BCUT2D eigenvalue weighted by atomic mass is 16.6. The second kappa shape index (κ2) is 7.40. The van der Waals surface area contributed by atoms with Crippen LogP contribution in [0.1, 0.15) is 53.4 Å². The van der Waals surface area contributed by atoms with Gasteiger partial charge in [-0.3, -0.25) is 9.59 Å². The van der Waals surface area contributed by atoms with E-state index in [1.54, 1.807) is 4.90 Å². The Morgan fingerprint density at radius 1 is 1.29 bits per heavy atom. The Bertz CT molecular complexity index is 506. The fourth-order valence-corrected chi connectivity index (χ4v) is 2.75. The molecule has 136 valence electrons. The second-order valence-corrected chi connectivity index (χ2v) is 7.43. The van der Waals surface area contributed by atoms with Gasteiger partial charge in [-0.25, -0.2) is 4.79 Å². The smallest absolute Gasteiger partial charge is 0.408 e. The average molecular weight is 339 g/mol. The summed E-state index contributed by atoms with van der Waals surface area (Å²) in [5, 5.41) is 5.47. The number of hydrogen-bond acceptors (Lipinski definition) is 4. The number of ether oxygens (including phenoxy) is 1. The molecule has 0 aromatic rings. The number of hydrogen-bond donors (Lipinski definition) is 2. The molecule has 1 aliphatic carbocycles. The number of likely N-dealkylation sites (tertiary alicyclic amines) is 1. The van der Waals surface area contributed by atoms with E-state index in [1.807, 2.05) is 20.8 Å². The van der Waals surface area contributed by atoms with Crippen molar-refractivity contribution in [3.63, 3.8) is 0 Å². The monoisotopic (exact) mass is 339 g/mol. The van der Waals surface area contributed by atoms with Crippen molar-refractivity contribution in [1.29, 1.82) is 0 Å². The molecule has 1 aliphatic heterocycles. The molecule has 1 saturated heterocycles. The maximum Gasteiger partial charge on any atom is 0.408 e. The summed E-state index contributed by atoms with van der Waals surface area (Å²) >= 11 is 0. The molecule has 2 rings (SSSR count). The van der Waals surface area contributed by atoms with Crippen molar-refractivity contribution in [3.05, 3.63) is 0 Å². The molecular weight excluding hydrogens is 310 g/mol. The Morgan fingerprint density at radius 3 is 2.54 bits per heavy atom. The molecule has 2 fully saturated rings. The van der Waals surface area contributed by atoms with Gasteiger partial charge < -0.3 is 20.3 Å². The Kier molecular flexibility index (Phi) is 5.72. The Hall–Kier alpha value is -1.79. The number of nitrogens with zero attached hydrogens (tertiary/aromatic N) is 1. The molecule has 1 heterocycles. The first-order chi connectivity index (χ1) is 11.2. The van der Waals surface area contributed by atoms with Crippen LogP contribution in [0.5, 0.6) is 0 Å². The zero-order valence-electron chi connectivity index (χ0n) is 15.1. The molecule has 0 radical (unpaired) electrons. The molecule has 1 unspecified atom stereocenters. The van der Waals surface area contributed by atoms with E-state index in [1.165, 1.54) is 0 Å². The standard InChI is InChI=1S/C17H29N3O4/c1-5-17(3,4)24-16(23)18-10-14(21)20-8-6-7-13(20)15(22)19-12-9-11(12)2/h11-13H,5-10H2,1-4H3,(H,18,23)(H,19,22)/t11?,12-,13+/m1/s1. The van der Waals surface area contributed by atoms with E-state index in [-0.39, 0.29) is 24.4 Å². The summed E-state index contributed by atoms with van der Waals surface area (Å²) in [7, 11) is 0. The second-order valence-electron chi connectivity index (χ2n) is 7.43. The number of carbonyl (C=O) groups excluding carboxylic acids is 3. The van der Waals surface area contributed by atoms with Gasteiger partial charge in [-0.1, -0.05) is 13.8 Å². The summed E-state index contributed by atoms with van der Waals surface area (Å²) in [6.07, 6.45) is 2.56. The minimum Gasteiger partial charge on any atom is -0.444 e.